The maximum atomic E-state index is 11.9. The summed E-state index contributed by atoms with van der Waals surface area (Å²) in [4.78, 5) is 23.6. The second kappa shape index (κ2) is 6.81. The molecule has 2 N–H and O–H groups in total. The van der Waals surface area contributed by atoms with E-state index in [-0.39, 0.29) is 6.54 Å². The number of aryl methyl sites for hydroxylation is 1. The van der Waals surface area contributed by atoms with Gasteiger partial charge in [0.25, 0.3) is 0 Å². The van der Waals surface area contributed by atoms with E-state index in [1.807, 2.05) is 13.0 Å². The highest BCUT2D eigenvalue weighted by Crippen LogP contribution is 2.19. The van der Waals surface area contributed by atoms with Crippen LogP contribution in [0.5, 0.6) is 0 Å². The van der Waals surface area contributed by atoms with Gasteiger partial charge in [-0.15, -0.1) is 6.42 Å². The summed E-state index contributed by atoms with van der Waals surface area (Å²) in [5, 5.41) is 11.3. The third kappa shape index (κ3) is 5.02. The van der Waals surface area contributed by atoms with Gasteiger partial charge in [0.15, 0.2) is 0 Å². The predicted octanol–water partition coefficient (Wildman–Crippen LogP) is 2.31. The van der Waals surface area contributed by atoms with E-state index in [1.54, 1.807) is 12.1 Å². The van der Waals surface area contributed by atoms with Gasteiger partial charge in [-0.25, -0.2) is 4.79 Å². The molecule has 0 saturated heterocycles. The number of hydrogen-bond acceptors (Lipinski definition) is 2. The Morgan fingerprint density at radius 1 is 1.47 bits per heavy atom. The van der Waals surface area contributed by atoms with Crippen molar-refractivity contribution in [1.82, 2.24) is 4.90 Å². The van der Waals surface area contributed by atoms with E-state index < -0.39 is 18.5 Å². The van der Waals surface area contributed by atoms with E-state index >= 15 is 0 Å². The van der Waals surface area contributed by atoms with Gasteiger partial charge in [0.2, 0.25) is 0 Å². The highest BCUT2D eigenvalue weighted by molar-refractivity contribution is 9.10. The zero-order valence-electron chi connectivity index (χ0n) is 10.3. The Hall–Kier alpha value is -2.00. The first-order valence-electron chi connectivity index (χ1n) is 5.40. The van der Waals surface area contributed by atoms with Crippen LogP contribution in [0.15, 0.2) is 22.7 Å². The molecular formula is C13H13BrN2O3. The molecule has 0 aromatic heterocycles. The number of urea groups is 1. The molecule has 100 valence electrons. The van der Waals surface area contributed by atoms with Crippen LogP contribution in [-0.2, 0) is 4.79 Å². The number of aliphatic carboxylic acids is 1. The van der Waals surface area contributed by atoms with Crippen LogP contribution in [0.1, 0.15) is 5.56 Å². The van der Waals surface area contributed by atoms with Gasteiger partial charge in [0, 0.05) is 10.2 Å². The molecule has 0 bridgehead atoms. The Balaban J connectivity index is 2.81. The van der Waals surface area contributed by atoms with Gasteiger partial charge in [-0.3, -0.25) is 4.79 Å². The first-order chi connectivity index (χ1) is 8.92. The van der Waals surface area contributed by atoms with Crippen molar-refractivity contribution < 1.29 is 14.7 Å². The second-order valence-corrected chi connectivity index (χ2v) is 4.82. The molecular weight excluding hydrogens is 312 g/mol. The Kier molecular flexibility index (Phi) is 5.39. The number of benzene rings is 1. The molecule has 0 aliphatic heterocycles. The summed E-state index contributed by atoms with van der Waals surface area (Å²) >= 11 is 3.32. The molecule has 1 aromatic carbocycles. The van der Waals surface area contributed by atoms with Crippen molar-refractivity contribution in [2.45, 2.75) is 6.92 Å². The Bertz CT molecular complexity index is 517. The topological polar surface area (TPSA) is 69.6 Å². The van der Waals surface area contributed by atoms with Gasteiger partial charge in [-0.1, -0.05) is 21.9 Å². The summed E-state index contributed by atoms with van der Waals surface area (Å²) < 4.78 is 0.824. The summed E-state index contributed by atoms with van der Waals surface area (Å²) in [5.41, 5.74) is 1.54. The third-order valence-electron chi connectivity index (χ3n) is 2.19. The molecule has 5 nitrogen and oxygen atoms in total. The first-order valence-corrected chi connectivity index (χ1v) is 6.20. The summed E-state index contributed by atoms with van der Waals surface area (Å²) in [6.07, 6.45) is 5.11. The SMILES string of the molecule is C#CCN(CC(=O)O)C(=O)Nc1cc(C)cc(Br)c1. The fraction of sp³-hybridized carbons (Fsp3) is 0.231. The van der Waals surface area contributed by atoms with E-state index in [4.69, 9.17) is 11.5 Å². The zero-order valence-corrected chi connectivity index (χ0v) is 11.9. The van der Waals surface area contributed by atoms with Crippen molar-refractivity contribution in [3.63, 3.8) is 0 Å². The van der Waals surface area contributed by atoms with Crippen LogP contribution >= 0.6 is 15.9 Å². The Morgan fingerprint density at radius 2 is 2.16 bits per heavy atom. The maximum absolute atomic E-state index is 11.9. The van der Waals surface area contributed by atoms with E-state index in [2.05, 4.69) is 27.2 Å². The number of terminal acetylenes is 1. The van der Waals surface area contributed by atoms with Crippen LogP contribution in [0, 0.1) is 19.3 Å². The van der Waals surface area contributed by atoms with Crippen molar-refractivity contribution >= 4 is 33.6 Å². The lowest BCUT2D eigenvalue weighted by Gasteiger charge is -2.18. The molecule has 0 aliphatic rings. The van der Waals surface area contributed by atoms with Gasteiger partial charge >= 0.3 is 12.0 Å². The minimum atomic E-state index is -1.11. The molecule has 0 fully saturated rings. The monoisotopic (exact) mass is 324 g/mol. The van der Waals surface area contributed by atoms with Gasteiger partial charge < -0.3 is 15.3 Å². The summed E-state index contributed by atoms with van der Waals surface area (Å²) in [5.74, 6) is 1.14. The van der Waals surface area contributed by atoms with Crippen LogP contribution < -0.4 is 5.32 Å². The molecule has 0 heterocycles. The number of rotatable bonds is 4. The number of carbonyl (C=O) groups excluding carboxylic acids is 1. The molecule has 6 heteroatoms. The molecule has 1 aromatic rings. The molecule has 0 unspecified atom stereocenters. The number of carboxylic acid groups (broad SMARTS) is 1. The molecule has 0 atom stereocenters. The van der Waals surface area contributed by atoms with Crippen molar-refractivity contribution in [2.75, 3.05) is 18.4 Å². The van der Waals surface area contributed by atoms with Crippen molar-refractivity contribution in [3.8, 4) is 12.3 Å². The number of amides is 2. The minimum Gasteiger partial charge on any atom is -0.480 e. The third-order valence-corrected chi connectivity index (χ3v) is 2.65. The van der Waals surface area contributed by atoms with Crippen LogP contribution in [0.2, 0.25) is 0 Å². The normalized spacial score (nSPS) is 9.53. The van der Waals surface area contributed by atoms with Gasteiger partial charge in [0.1, 0.15) is 6.54 Å². The van der Waals surface area contributed by atoms with Gasteiger partial charge in [-0.2, -0.15) is 0 Å². The molecule has 2 amide bonds. The number of halogens is 1. The van der Waals surface area contributed by atoms with Crippen LogP contribution in [0.4, 0.5) is 10.5 Å². The van der Waals surface area contributed by atoms with E-state index in [0.717, 1.165) is 14.9 Å². The fourth-order valence-electron chi connectivity index (χ4n) is 1.48. The van der Waals surface area contributed by atoms with Gasteiger partial charge in [0.05, 0.1) is 6.54 Å². The molecule has 0 saturated carbocycles. The van der Waals surface area contributed by atoms with Crippen molar-refractivity contribution in [2.24, 2.45) is 0 Å². The minimum absolute atomic E-state index is 0.0644. The molecule has 19 heavy (non-hydrogen) atoms. The van der Waals surface area contributed by atoms with Crippen LogP contribution in [0.3, 0.4) is 0 Å². The number of hydrogen-bond donors (Lipinski definition) is 2. The Labute approximate surface area is 119 Å². The standard InChI is InChI=1S/C13H13BrN2O3/c1-3-4-16(8-12(17)18)13(19)15-11-6-9(2)5-10(14)7-11/h1,5-7H,4,8H2,2H3,(H,15,19)(H,17,18). The number of nitrogens with zero attached hydrogens (tertiary/aromatic N) is 1. The summed E-state index contributed by atoms with van der Waals surface area (Å²) in [6, 6.07) is 4.85. The summed E-state index contributed by atoms with van der Waals surface area (Å²) in [6.45, 7) is 1.38. The van der Waals surface area contributed by atoms with Crippen molar-refractivity contribution in [3.05, 3.63) is 28.2 Å². The lowest BCUT2D eigenvalue weighted by Crippen LogP contribution is -2.39. The highest BCUT2D eigenvalue weighted by atomic mass is 79.9. The average Bonchev–Trinajstić information content (AvgIpc) is 2.26. The first kappa shape index (κ1) is 15.1. The largest absolute Gasteiger partial charge is 0.480 e. The van der Waals surface area contributed by atoms with E-state index in [9.17, 15) is 9.59 Å². The molecule has 0 spiro atoms. The number of carbonyl (C=O) groups is 2. The average molecular weight is 325 g/mol. The molecule has 1 rings (SSSR count). The Morgan fingerprint density at radius 3 is 2.68 bits per heavy atom. The van der Waals surface area contributed by atoms with Crippen LogP contribution in [0.25, 0.3) is 0 Å². The predicted molar refractivity (Wildman–Crippen MR) is 75.9 cm³/mol. The van der Waals surface area contributed by atoms with Gasteiger partial charge in [-0.05, 0) is 30.7 Å². The summed E-state index contributed by atoms with van der Waals surface area (Å²) in [7, 11) is 0. The lowest BCUT2D eigenvalue weighted by atomic mass is 10.2. The molecule has 0 radical (unpaired) electrons. The molecule has 0 aliphatic carbocycles. The smallest absolute Gasteiger partial charge is 0.323 e. The quantitative estimate of drug-likeness (QED) is 0.835. The number of carboxylic acids is 1. The maximum Gasteiger partial charge on any atom is 0.323 e. The van der Waals surface area contributed by atoms with Crippen LogP contribution in [-0.4, -0.2) is 35.1 Å². The van der Waals surface area contributed by atoms with Crippen molar-refractivity contribution in [1.29, 1.82) is 0 Å². The fourth-order valence-corrected chi connectivity index (χ4v) is 2.09. The zero-order chi connectivity index (χ0) is 14.4. The lowest BCUT2D eigenvalue weighted by molar-refractivity contribution is -0.137. The van der Waals surface area contributed by atoms with E-state index in [1.165, 1.54) is 0 Å². The number of anilines is 1. The number of nitrogens with one attached hydrogen (secondary N) is 1. The second-order valence-electron chi connectivity index (χ2n) is 3.90. The highest BCUT2D eigenvalue weighted by Gasteiger charge is 2.15. The van der Waals surface area contributed by atoms with E-state index in [0.29, 0.717) is 5.69 Å².